The smallest absolute Gasteiger partial charge is 0.255 e. The van der Waals surface area contributed by atoms with Crippen LogP contribution in [0.1, 0.15) is 28.9 Å². The van der Waals surface area contributed by atoms with Crippen LogP contribution in [0.5, 0.6) is 0 Å². The van der Waals surface area contributed by atoms with E-state index in [0.717, 1.165) is 0 Å². The summed E-state index contributed by atoms with van der Waals surface area (Å²) in [7, 11) is 0. The largest absolute Gasteiger partial charge is 0.351 e. The van der Waals surface area contributed by atoms with Gasteiger partial charge in [-0.05, 0) is 37.1 Å². The van der Waals surface area contributed by atoms with E-state index < -0.39 is 17.3 Å². The van der Waals surface area contributed by atoms with Gasteiger partial charge in [0.05, 0.1) is 40.4 Å². The van der Waals surface area contributed by atoms with Gasteiger partial charge >= 0.3 is 0 Å². The maximum Gasteiger partial charge on any atom is 0.255 e. The number of nitrogens with one attached hydrogen (secondary N) is 3. The van der Waals surface area contributed by atoms with Crippen molar-refractivity contribution in [3.8, 4) is 0 Å². The number of amides is 2. The highest BCUT2D eigenvalue weighted by Crippen LogP contribution is 2.36. The van der Waals surface area contributed by atoms with Crippen LogP contribution in [0.4, 0.5) is 15.8 Å². The van der Waals surface area contributed by atoms with E-state index in [1.54, 1.807) is 18.2 Å². The van der Waals surface area contributed by atoms with Crippen molar-refractivity contribution in [1.82, 2.24) is 25.6 Å². The molecule has 0 atom stereocenters. The van der Waals surface area contributed by atoms with Gasteiger partial charge in [0.1, 0.15) is 17.7 Å². The summed E-state index contributed by atoms with van der Waals surface area (Å²) in [5.74, 6) is -1.18. The zero-order valence-electron chi connectivity index (χ0n) is 16.5. The molecule has 0 saturated heterocycles. The topological polar surface area (TPSA) is 109 Å². The molecule has 164 valence electrons. The van der Waals surface area contributed by atoms with Crippen molar-refractivity contribution in [3.05, 3.63) is 75.8 Å². The highest BCUT2D eigenvalue weighted by atomic mass is 79.9. The van der Waals surface area contributed by atoms with E-state index in [1.165, 1.54) is 31.0 Å². The molecule has 1 saturated carbocycles. The standard InChI is InChI=1S/C21H17BrClFN6O2/c22-13-5-16(23)18(17(24)6-13)29-15-2-1-14(27-10-15)9-28-20(32)21(3-4-21)30-19(31)12-7-25-11-26-8-12/h1-2,5-8,10-11,29H,3-4,9H2,(H,28,32)(H,30,31). The number of aromatic nitrogens is 3. The zero-order valence-corrected chi connectivity index (χ0v) is 18.9. The van der Waals surface area contributed by atoms with Crippen LogP contribution < -0.4 is 16.0 Å². The summed E-state index contributed by atoms with van der Waals surface area (Å²) in [5.41, 5.74) is 0.653. The number of hydrogen-bond donors (Lipinski definition) is 3. The first kappa shape index (κ1) is 22.1. The highest BCUT2D eigenvalue weighted by Gasteiger charge is 2.51. The first-order valence-electron chi connectivity index (χ1n) is 9.59. The van der Waals surface area contributed by atoms with Crippen molar-refractivity contribution < 1.29 is 14.0 Å². The lowest BCUT2D eigenvalue weighted by Gasteiger charge is -2.17. The Balaban J connectivity index is 1.33. The van der Waals surface area contributed by atoms with Crippen LogP contribution in [0.15, 0.2) is 53.7 Å². The van der Waals surface area contributed by atoms with Gasteiger partial charge in [0.25, 0.3) is 5.91 Å². The maximum atomic E-state index is 14.1. The minimum atomic E-state index is -0.926. The Morgan fingerprint density at radius 3 is 2.53 bits per heavy atom. The van der Waals surface area contributed by atoms with E-state index in [1.807, 2.05) is 0 Å². The van der Waals surface area contributed by atoms with Gasteiger partial charge in [0, 0.05) is 16.9 Å². The van der Waals surface area contributed by atoms with Crippen molar-refractivity contribution in [1.29, 1.82) is 0 Å². The molecule has 2 aromatic heterocycles. The molecule has 4 rings (SSSR count). The van der Waals surface area contributed by atoms with Crippen molar-refractivity contribution in [3.63, 3.8) is 0 Å². The number of rotatable bonds is 7. The molecule has 32 heavy (non-hydrogen) atoms. The summed E-state index contributed by atoms with van der Waals surface area (Å²) in [4.78, 5) is 36.8. The zero-order chi connectivity index (χ0) is 22.7. The third-order valence-electron chi connectivity index (χ3n) is 4.89. The fraction of sp³-hybridized carbons (Fsp3) is 0.190. The van der Waals surface area contributed by atoms with Gasteiger partial charge in [-0.2, -0.15) is 0 Å². The minimum absolute atomic E-state index is 0.146. The molecule has 2 amide bonds. The van der Waals surface area contributed by atoms with Crippen LogP contribution in [0, 0.1) is 5.82 Å². The van der Waals surface area contributed by atoms with E-state index in [0.29, 0.717) is 34.3 Å². The molecule has 0 radical (unpaired) electrons. The second-order valence-electron chi connectivity index (χ2n) is 7.25. The molecule has 1 fully saturated rings. The molecule has 11 heteroatoms. The summed E-state index contributed by atoms with van der Waals surface area (Å²) >= 11 is 9.27. The molecule has 3 aromatic rings. The maximum absolute atomic E-state index is 14.1. The summed E-state index contributed by atoms with van der Waals surface area (Å²) in [6.07, 6.45) is 6.73. The van der Waals surface area contributed by atoms with E-state index in [2.05, 4.69) is 46.8 Å². The monoisotopic (exact) mass is 518 g/mol. The van der Waals surface area contributed by atoms with Gasteiger partial charge in [-0.1, -0.05) is 27.5 Å². The quantitative estimate of drug-likeness (QED) is 0.439. The Hall–Kier alpha value is -3.11. The first-order valence-corrected chi connectivity index (χ1v) is 10.8. The SMILES string of the molecule is O=C(NC1(C(=O)NCc2ccc(Nc3c(F)cc(Br)cc3Cl)cn2)CC1)c1cncnc1. The van der Waals surface area contributed by atoms with E-state index >= 15 is 0 Å². The van der Waals surface area contributed by atoms with Gasteiger partial charge < -0.3 is 16.0 Å². The molecule has 2 heterocycles. The van der Waals surface area contributed by atoms with E-state index in [-0.39, 0.29) is 23.2 Å². The molecule has 1 aliphatic carbocycles. The van der Waals surface area contributed by atoms with E-state index in [4.69, 9.17) is 11.6 Å². The summed E-state index contributed by atoms with van der Waals surface area (Å²) in [6.45, 7) is 0.179. The van der Waals surface area contributed by atoms with Crippen molar-refractivity contribution in [2.45, 2.75) is 24.9 Å². The van der Waals surface area contributed by atoms with Crippen LogP contribution in [-0.4, -0.2) is 32.3 Å². The Kier molecular flexibility index (Phi) is 6.33. The van der Waals surface area contributed by atoms with Gasteiger partial charge in [-0.25, -0.2) is 14.4 Å². The predicted molar refractivity (Wildman–Crippen MR) is 120 cm³/mol. The Bertz CT molecular complexity index is 1140. The van der Waals surface area contributed by atoms with Crippen LogP contribution >= 0.6 is 27.5 Å². The fourth-order valence-corrected chi connectivity index (χ4v) is 3.81. The third kappa shape index (κ3) is 5.03. The molecule has 0 bridgehead atoms. The van der Waals surface area contributed by atoms with Crippen molar-refractivity contribution >= 4 is 50.7 Å². The molecule has 3 N–H and O–H groups in total. The lowest BCUT2D eigenvalue weighted by Crippen LogP contribution is -2.48. The molecular weight excluding hydrogens is 503 g/mol. The molecule has 8 nitrogen and oxygen atoms in total. The second-order valence-corrected chi connectivity index (χ2v) is 8.58. The Morgan fingerprint density at radius 2 is 1.91 bits per heavy atom. The Labute approximate surface area is 196 Å². The molecule has 1 aliphatic rings. The lowest BCUT2D eigenvalue weighted by atomic mass is 10.2. The van der Waals surface area contributed by atoms with Crippen LogP contribution in [0.3, 0.4) is 0 Å². The highest BCUT2D eigenvalue weighted by molar-refractivity contribution is 9.10. The van der Waals surface area contributed by atoms with Gasteiger partial charge in [-0.3, -0.25) is 14.6 Å². The summed E-state index contributed by atoms with van der Waals surface area (Å²) < 4.78 is 14.7. The third-order valence-corrected chi connectivity index (χ3v) is 5.65. The number of hydrogen-bond acceptors (Lipinski definition) is 6. The van der Waals surface area contributed by atoms with Crippen LogP contribution in [0.25, 0.3) is 0 Å². The normalized spacial score (nSPS) is 13.8. The number of halogens is 3. The van der Waals surface area contributed by atoms with Crippen molar-refractivity contribution in [2.75, 3.05) is 5.32 Å². The molecule has 0 spiro atoms. The second kappa shape index (κ2) is 9.17. The molecule has 0 aliphatic heterocycles. The van der Waals surface area contributed by atoms with Crippen LogP contribution in [-0.2, 0) is 11.3 Å². The number of nitrogens with zero attached hydrogens (tertiary/aromatic N) is 3. The summed E-state index contributed by atoms with van der Waals surface area (Å²) in [5, 5.41) is 8.68. The number of benzene rings is 1. The van der Waals surface area contributed by atoms with Gasteiger partial charge in [0.15, 0.2) is 0 Å². The number of carbonyl (C=O) groups excluding carboxylic acids is 2. The average molecular weight is 520 g/mol. The molecular formula is C21H17BrClFN6O2. The number of anilines is 2. The van der Waals surface area contributed by atoms with E-state index in [9.17, 15) is 14.0 Å². The lowest BCUT2D eigenvalue weighted by molar-refractivity contribution is -0.124. The van der Waals surface area contributed by atoms with Crippen molar-refractivity contribution in [2.24, 2.45) is 0 Å². The number of carbonyl (C=O) groups is 2. The fourth-order valence-electron chi connectivity index (χ4n) is 2.99. The van der Waals surface area contributed by atoms with Crippen LogP contribution in [0.2, 0.25) is 5.02 Å². The van der Waals surface area contributed by atoms with Gasteiger partial charge in [-0.15, -0.1) is 0 Å². The number of pyridine rings is 1. The minimum Gasteiger partial charge on any atom is -0.351 e. The average Bonchev–Trinajstić information content (AvgIpc) is 3.56. The van der Waals surface area contributed by atoms with Gasteiger partial charge in [0.2, 0.25) is 5.91 Å². The predicted octanol–water partition coefficient (Wildman–Crippen LogP) is 3.75. The molecule has 1 aromatic carbocycles. The Morgan fingerprint density at radius 1 is 1.16 bits per heavy atom. The summed E-state index contributed by atoms with van der Waals surface area (Å²) in [6, 6.07) is 6.30. The molecule has 0 unspecified atom stereocenters. The first-order chi connectivity index (χ1) is 15.4.